The third-order valence-corrected chi connectivity index (χ3v) is 6.42. The van der Waals surface area contributed by atoms with E-state index in [0.717, 1.165) is 56.6 Å². The lowest BCUT2D eigenvalue weighted by Crippen LogP contribution is -2.45. The molecule has 1 amide bonds. The molecule has 0 saturated carbocycles. The summed E-state index contributed by atoms with van der Waals surface area (Å²) in [5.74, 6) is -2.73. The first-order chi connectivity index (χ1) is 19.2. The predicted molar refractivity (Wildman–Crippen MR) is 140 cm³/mol. The molecule has 0 aliphatic carbocycles. The number of ether oxygens (including phenoxy) is 1. The van der Waals surface area contributed by atoms with Crippen LogP contribution in [0.5, 0.6) is 5.75 Å². The second-order valence-electron chi connectivity index (χ2n) is 9.26. The smallest absolute Gasteiger partial charge is 0.351 e. The highest BCUT2D eigenvalue weighted by molar-refractivity contribution is 6.02. The standard InChI is InChI=1S/C26H30F2N6O6/c1-31-11-13-33(14-12-31)10-9-22(38-3)40-39-21-8-7-18(16-20(21)28)29-24(35)23-25(36)32(2)26(37)34(30-23)19-6-4-5-17(27)15-19/h4-8,15-16,22H,9-14H2,1-3H3,(H,29,35). The van der Waals surface area contributed by atoms with Gasteiger partial charge in [-0.3, -0.25) is 14.2 Å². The summed E-state index contributed by atoms with van der Waals surface area (Å²) in [6.07, 6.45) is -0.218. The zero-order valence-electron chi connectivity index (χ0n) is 22.3. The number of carbonyl (C=O) groups excluding carboxylic acids is 1. The lowest BCUT2D eigenvalue weighted by molar-refractivity contribution is -0.316. The summed E-state index contributed by atoms with van der Waals surface area (Å²) in [6, 6.07) is 8.47. The minimum absolute atomic E-state index is 0.0134. The third kappa shape index (κ3) is 6.96. The van der Waals surface area contributed by atoms with Crippen LogP contribution in [0.3, 0.4) is 0 Å². The molecule has 3 aromatic rings. The molecule has 40 heavy (non-hydrogen) atoms. The number of amides is 1. The van der Waals surface area contributed by atoms with Gasteiger partial charge in [0.1, 0.15) is 5.82 Å². The van der Waals surface area contributed by atoms with Crippen LogP contribution < -0.4 is 21.5 Å². The monoisotopic (exact) mass is 560 g/mol. The number of nitrogens with one attached hydrogen (secondary N) is 1. The summed E-state index contributed by atoms with van der Waals surface area (Å²) in [5.41, 5.74) is -2.51. The van der Waals surface area contributed by atoms with Crippen LogP contribution in [0.4, 0.5) is 14.5 Å². The summed E-state index contributed by atoms with van der Waals surface area (Å²) < 4.78 is 35.1. The Morgan fingerprint density at radius 3 is 2.50 bits per heavy atom. The molecular formula is C26H30F2N6O6. The van der Waals surface area contributed by atoms with Gasteiger partial charge in [0.15, 0.2) is 5.82 Å². The van der Waals surface area contributed by atoms with Gasteiger partial charge >= 0.3 is 5.69 Å². The molecule has 1 aliphatic heterocycles. The molecule has 1 aliphatic rings. The molecule has 1 N–H and O–H groups in total. The van der Waals surface area contributed by atoms with Gasteiger partial charge < -0.3 is 24.7 Å². The average Bonchev–Trinajstić information content (AvgIpc) is 2.93. The van der Waals surface area contributed by atoms with Gasteiger partial charge in [-0.1, -0.05) is 6.07 Å². The SMILES string of the molecule is COC(CCN1CCN(C)CC1)OOc1ccc(NC(=O)c2nn(-c3cccc(F)c3)c(=O)n(C)c2=O)cc1F. The number of benzene rings is 2. The molecule has 0 radical (unpaired) electrons. The van der Waals surface area contributed by atoms with Crippen molar-refractivity contribution >= 4 is 11.6 Å². The lowest BCUT2D eigenvalue weighted by atomic mass is 10.2. The zero-order valence-corrected chi connectivity index (χ0v) is 22.3. The molecule has 1 fully saturated rings. The molecule has 2 aromatic carbocycles. The van der Waals surface area contributed by atoms with Crippen molar-refractivity contribution in [3.05, 3.63) is 80.6 Å². The molecule has 4 rings (SSSR count). The van der Waals surface area contributed by atoms with Crippen LogP contribution in [0.1, 0.15) is 16.9 Å². The normalized spacial score (nSPS) is 15.1. The highest BCUT2D eigenvalue weighted by Gasteiger charge is 2.21. The van der Waals surface area contributed by atoms with Gasteiger partial charge in [0.05, 0.1) is 5.69 Å². The first-order valence-corrected chi connectivity index (χ1v) is 12.5. The van der Waals surface area contributed by atoms with Crippen molar-refractivity contribution in [2.45, 2.75) is 12.7 Å². The van der Waals surface area contributed by atoms with Gasteiger partial charge in [0, 0.05) is 65.1 Å². The predicted octanol–water partition coefficient (Wildman–Crippen LogP) is 1.38. The van der Waals surface area contributed by atoms with Crippen molar-refractivity contribution in [1.82, 2.24) is 24.1 Å². The Hall–Kier alpha value is -3.98. The molecule has 14 heteroatoms. The van der Waals surface area contributed by atoms with Crippen LogP contribution in [0.25, 0.3) is 5.69 Å². The molecule has 1 atom stereocenters. The number of hydrogen-bond acceptors (Lipinski definition) is 9. The second kappa shape index (κ2) is 12.9. The Bertz CT molecular complexity index is 1470. The second-order valence-corrected chi connectivity index (χ2v) is 9.26. The molecule has 214 valence electrons. The number of aromatic nitrogens is 3. The Labute approximate surface area is 228 Å². The lowest BCUT2D eigenvalue weighted by Gasteiger charge is -2.32. The van der Waals surface area contributed by atoms with Gasteiger partial charge in [0.25, 0.3) is 11.5 Å². The maximum atomic E-state index is 14.7. The number of likely N-dealkylation sites (N-methyl/N-ethyl adjacent to an activating group) is 1. The molecule has 0 bridgehead atoms. The Morgan fingerprint density at radius 1 is 1.07 bits per heavy atom. The van der Waals surface area contributed by atoms with Gasteiger partial charge in [-0.15, -0.1) is 0 Å². The van der Waals surface area contributed by atoms with Gasteiger partial charge in [-0.25, -0.2) is 13.6 Å². The summed E-state index contributed by atoms with van der Waals surface area (Å²) in [6.45, 7) is 4.55. The van der Waals surface area contributed by atoms with Crippen molar-refractivity contribution in [3.8, 4) is 11.4 Å². The Balaban J connectivity index is 1.41. The first-order valence-electron chi connectivity index (χ1n) is 12.5. The van der Waals surface area contributed by atoms with E-state index in [1.165, 1.54) is 37.4 Å². The van der Waals surface area contributed by atoms with Gasteiger partial charge in [0.2, 0.25) is 17.7 Å². The van der Waals surface area contributed by atoms with Crippen LogP contribution in [-0.2, 0) is 16.7 Å². The van der Waals surface area contributed by atoms with Gasteiger partial charge in [-0.05, 0) is 37.4 Å². The summed E-state index contributed by atoms with van der Waals surface area (Å²) >= 11 is 0. The largest absolute Gasteiger partial charge is 0.352 e. The molecule has 2 heterocycles. The Morgan fingerprint density at radius 2 is 1.82 bits per heavy atom. The maximum Gasteiger partial charge on any atom is 0.351 e. The Kier molecular flexibility index (Phi) is 9.37. The van der Waals surface area contributed by atoms with Crippen molar-refractivity contribution in [2.24, 2.45) is 7.05 Å². The van der Waals surface area contributed by atoms with Crippen molar-refractivity contribution in [3.63, 3.8) is 0 Å². The van der Waals surface area contributed by atoms with Crippen LogP contribution in [0.2, 0.25) is 0 Å². The van der Waals surface area contributed by atoms with E-state index in [9.17, 15) is 23.2 Å². The van der Waals surface area contributed by atoms with E-state index in [1.54, 1.807) is 0 Å². The van der Waals surface area contributed by atoms with Crippen molar-refractivity contribution < 1.29 is 28.1 Å². The summed E-state index contributed by atoms with van der Waals surface area (Å²) in [4.78, 5) is 52.8. The van der Waals surface area contributed by atoms with Crippen LogP contribution >= 0.6 is 0 Å². The zero-order chi connectivity index (χ0) is 28.8. The van der Waals surface area contributed by atoms with Crippen LogP contribution in [0, 0.1) is 11.6 Å². The molecule has 12 nitrogen and oxygen atoms in total. The quantitative estimate of drug-likeness (QED) is 0.223. The number of halogens is 2. The van der Waals surface area contributed by atoms with E-state index in [-0.39, 0.29) is 17.1 Å². The topological polar surface area (TPSA) is 120 Å². The number of hydrogen-bond donors (Lipinski definition) is 1. The van der Waals surface area contributed by atoms with Crippen LogP contribution in [0.15, 0.2) is 52.1 Å². The first kappa shape index (κ1) is 29.0. The molecular weight excluding hydrogens is 530 g/mol. The van der Waals surface area contributed by atoms with E-state index >= 15 is 0 Å². The number of nitrogens with zero attached hydrogens (tertiary/aromatic N) is 5. The minimum Gasteiger partial charge on any atom is -0.352 e. The van der Waals surface area contributed by atoms with Crippen LogP contribution in [-0.4, -0.2) is 83.2 Å². The van der Waals surface area contributed by atoms with Crippen molar-refractivity contribution in [2.75, 3.05) is 52.2 Å². The van der Waals surface area contributed by atoms with E-state index in [0.29, 0.717) is 11.0 Å². The van der Waals surface area contributed by atoms with E-state index in [4.69, 9.17) is 14.5 Å². The summed E-state index contributed by atoms with van der Waals surface area (Å²) in [7, 11) is 4.69. The highest BCUT2D eigenvalue weighted by atomic mass is 19.1. The van der Waals surface area contributed by atoms with Crippen molar-refractivity contribution in [1.29, 1.82) is 0 Å². The fourth-order valence-electron chi connectivity index (χ4n) is 4.00. The van der Waals surface area contributed by atoms with E-state index in [2.05, 4.69) is 27.3 Å². The maximum absolute atomic E-state index is 14.7. The van der Waals surface area contributed by atoms with E-state index in [1.807, 2.05) is 0 Å². The minimum atomic E-state index is -1.00. The fourth-order valence-corrected chi connectivity index (χ4v) is 4.00. The molecule has 0 spiro atoms. The van der Waals surface area contributed by atoms with E-state index < -0.39 is 40.8 Å². The molecule has 1 saturated heterocycles. The fraction of sp³-hybridized carbons (Fsp3) is 0.385. The van der Waals surface area contributed by atoms with Gasteiger partial charge in [-0.2, -0.15) is 14.7 Å². The molecule has 1 aromatic heterocycles. The number of carbonyl (C=O) groups is 1. The number of methoxy groups -OCH3 is 1. The molecule has 1 unspecified atom stereocenters. The average molecular weight is 561 g/mol. The number of rotatable bonds is 10. The number of piperazine rings is 1. The third-order valence-electron chi connectivity index (χ3n) is 6.42. The number of anilines is 1. The summed E-state index contributed by atoms with van der Waals surface area (Å²) in [5, 5.41) is 6.19. The highest BCUT2D eigenvalue weighted by Crippen LogP contribution is 2.22.